The Morgan fingerprint density at radius 2 is 2.37 bits per heavy atom. The summed E-state index contributed by atoms with van der Waals surface area (Å²) in [5.41, 5.74) is 7.56. The Balaban J connectivity index is 2.09. The molecule has 19 heavy (non-hydrogen) atoms. The van der Waals surface area contributed by atoms with Crippen molar-refractivity contribution in [2.24, 2.45) is 5.92 Å². The molecule has 2 aromatic rings. The average molecular weight is 291 g/mol. The van der Waals surface area contributed by atoms with Crippen LogP contribution >= 0.6 is 23.1 Å². The molecule has 0 radical (unpaired) electrons. The zero-order valence-corrected chi connectivity index (χ0v) is 12.6. The summed E-state index contributed by atoms with van der Waals surface area (Å²) in [5, 5.41) is 1.87. The van der Waals surface area contributed by atoms with Crippen molar-refractivity contribution in [3.63, 3.8) is 0 Å². The molecular formula is C14H17N3S2. The number of anilines is 1. The van der Waals surface area contributed by atoms with E-state index in [-0.39, 0.29) is 0 Å². The maximum atomic E-state index is 6.16. The molecule has 0 saturated carbocycles. The minimum atomic E-state index is 0.642. The van der Waals surface area contributed by atoms with E-state index in [9.17, 15) is 0 Å². The molecule has 3 nitrogen and oxygen atoms in total. The fourth-order valence-corrected chi connectivity index (χ4v) is 4.42. The van der Waals surface area contributed by atoms with Gasteiger partial charge in [0.2, 0.25) is 0 Å². The van der Waals surface area contributed by atoms with Gasteiger partial charge in [0, 0.05) is 10.6 Å². The predicted molar refractivity (Wildman–Crippen MR) is 83.9 cm³/mol. The lowest BCUT2D eigenvalue weighted by Gasteiger charge is -2.18. The van der Waals surface area contributed by atoms with E-state index in [1.807, 2.05) is 6.08 Å². The Bertz CT molecular complexity index is 633. The molecule has 1 aliphatic rings. The van der Waals surface area contributed by atoms with Crippen LogP contribution in [0, 0.1) is 5.92 Å². The number of rotatable bonds is 3. The summed E-state index contributed by atoms with van der Waals surface area (Å²) in [5.74, 6) is 2.19. The second kappa shape index (κ2) is 5.13. The molecule has 0 bridgehead atoms. The largest absolute Gasteiger partial charge is 0.383 e. The topological polar surface area (TPSA) is 51.8 Å². The normalized spacial score (nSPS) is 18.5. The summed E-state index contributed by atoms with van der Waals surface area (Å²) >= 11 is 3.38. The molecule has 2 N–H and O–H groups in total. The molecule has 0 saturated heterocycles. The van der Waals surface area contributed by atoms with Gasteiger partial charge in [0.1, 0.15) is 10.6 Å². The highest BCUT2D eigenvalue weighted by molar-refractivity contribution is 7.99. The van der Waals surface area contributed by atoms with Gasteiger partial charge < -0.3 is 5.73 Å². The lowest BCUT2D eigenvalue weighted by molar-refractivity contribution is 0.508. The summed E-state index contributed by atoms with van der Waals surface area (Å²) in [6.07, 6.45) is 5.40. The van der Waals surface area contributed by atoms with E-state index >= 15 is 0 Å². The number of hydrogen-bond acceptors (Lipinski definition) is 5. The number of aryl methyl sites for hydroxylation is 1. The van der Waals surface area contributed by atoms with E-state index in [1.54, 1.807) is 23.1 Å². The Hall–Kier alpha value is -1.07. The maximum Gasteiger partial charge on any atom is 0.191 e. The van der Waals surface area contributed by atoms with Crippen LogP contribution in [0.2, 0.25) is 0 Å². The van der Waals surface area contributed by atoms with Gasteiger partial charge in [-0.05, 0) is 30.7 Å². The highest BCUT2D eigenvalue weighted by Crippen LogP contribution is 2.39. The Labute approximate surface area is 121 Å². The molecule has 3 rings (SSSR count). The standard InChI is InChI=1S/C14H17N3S2/c1-3-6-18-14-16-12(15)11-9-7-8(2)4-5-10(9)19-13(11)17-14/h3,8H,1,4-7H2,2H3,(H2,15,16,17). The molecule has 1 aliphatic carbocycles. The average Bonchev–Trinajstić information content (AvgIpc) is 2.74. The summed E-state index contributed by atoms with van der Waals surface area (Å²) in [6.45, 7) is 6.02. The van der Waals surface area contributed by atoms with Gasteiger partial charge in [-0.15, -0.1) is 17.9 Å². The second-order valence-corrected chi connectivity index (χ2v) is 7.09. The Kier molecular flexibility index (Phi) is 3.50. The molecule has 2 aromatic heterocycles. The highest BCUT2D eigenvalue weighted by atomic mass is 32.2. The number of thioether (sulfide) groups is 1. The summed E-state index contributed by atoms with van der Waals surface area (Å²) in [7, 11) is 0. The lowest BCUT2D eigenvalue weighted by Crippen LogP contribution is -2.09. The molecule has 0 amide bonds. The van der Waals surface area contributed by atoms with Crippen molar-refractivity contribution in [2.75, 3.05) is 11.5 Å². The van der Waals surface area contributed by atoms with E-state index in [1.165, 1.54) is 16.9 Å². The van der Waals surface area contributed by atoms with E-state index < -0.39 is 0 Å². The van der Waals surface area contributed by atoms with Gasteiger partial charge in [-0.25, -0.2) is 9.97 Å². The molecule has 0 aromatic carbocycles. The van der Waals surface area contributed by atoms with Crippen LogP contribution in [0.1, 0.15) is 23.8 Å². The maximum absolute atomic E-state index is 6.16. The first-order chi connectivity index (χ1) is 9.19. The number of thiophene rings is 1. The molecule has 5 heteroatoms. The SMILES string of the molecule is C=CCSc1nc(N)c2c3c(sc2n1)CCC(C)C3. The smallest absolute Gasteiger partial charge is 0.191 e. The number of fused-ring (bicyclic) bond motifs is 3. The van der Waals surface area contributed by atoms with Crippen molar-refractivity contribution in [3.8, 4) is 0 Å². The van der Waals surface area contributed by atoms with Gasteiger partial charge in [0.05, 0.1) is 5.39 Å². The fourth-order valence-electron chi connectivity index (χ4n) is 2.56. The fraction of sp³-hybridized carbons (Fsp3) is 0.429. The van der Waals surface area contributed by atoms with Crippen molar-refractivity contribution in [2.45, 2.75) is 31.3 Å². The highest BCUT2D eigenvalue weighted by Gasteiger charge is 2.23. The van der Waals surface area contributed by atoms with Crippen molar-refractivity contribution in [1.82, 2.24) is 9.97 Å². The molecule has 0 aliphatic heterocycles. The van der Waals surface area contributed by atoms with Gasteiger partial charge in [-0.1, -0.05) is 24.8 Å². The lowest BCUT2D eigenvalue weighted by atomic mass is 9.89. The summed E-state index contributed by atoms with van der Waals surface area (Å²) in [4.78, 5) is 11.6. The first kappa shape index (κ1) is 12.9. The number of nitrogens with zero attached hydrogens (tertiary/aromatic N) is 2. The number of aromatic nitrogens is 2. The van der Waals surface area contributed by atoms with Crippen molar-refractivity contribution < 1.29 is 0 Å². The molecule has 0 fully saturated rings. The molecule has 2 heterocycles. The second-order valence-electron chi connectivity index (χ2n) is 5.02. The molecule has 1 atom stereocenters. The third kappa shape index (κ3) is 2.37. The quantitative estimate of drug-likeness (QED) is 0.532. The van der Waals surface area contributed by atoms with Gasteiger partial charge in [0.15, 0.2) is 5.16 Å². The summed E-state index contributed by atoms with van der Waals surface area (Å²) in [6, 6.07) is 0. The molecule has 1 unspecified atom stereocenters. The van der Waals surface area contributed by atoms with E-state index in [0.29, 0.717) is 5.82 Å². The monoisotopic (exact) mass is 291 g/mol. The Morgan fingerprint density at radius 1 is 1.53 bits per heavy atom. The van der Waals surface area contributed by atoms with Crippen LogP contribution in [0.5, 0.6) is 0 Å². The third-order valence-electron chi connectivity index (χ3n) is 3.49. The van der Waals surface area contributed by atoms with E-state index in [2.05, 4.69) is 23.5 Å². The van der Waals surface area contributed by atoms with Crippen LogP contribution in [0.15, 0.2) is 17.8 Å². The van der Waals surface area contributed by atoms with Crippen molar-refractivity contribution in [3.05, 3.63) is 23.1 Å². The van der Waals surface area contributed by atoms with E-state index in [0.717, 1.165) is 39.9 Å². The van der Waals surface area contributed by atoms with Crippen molar-refractivity contribution >= 4 is 39.1 Å². The number of nitrogens with two attached hydrogens (primary N) is 1. The van der Waals surface area contributed by atoms with Crippen LogP contribution in [-0.4, -0.2) is 15.7 Å². The first-order valence-corrected chi connectivity index (χ1v) is 8.30. The zero-order chi connectivity index (χ0) is 13.4. The van der Waals surface area contributed by atoms with Gasteiger partial charge >= 0.3 is 0 Å². The van der Waals surface area contributed by atoms with Crippen LogP contribution < -0.4 is 5.73 Å². The third-order valence-corrected chi connectivity index (χ3v) is 5.52. The number of nitrogen functional groups attached to an aromatic ring is 1. The van der Waals surface area contributed by atoms with Crippen LogP contribution in [0.25, 0.3) is 10.2 Å². The summed E-state index contributed by atoms with van der Waals surface area (Å²) < 4.78 is 0. The van der Waals surface area contributed by atoms with Crippen molar-refractivity contribution in [1.29, 1.82) is 0 Å². The van der Waals surface area contributed by atoms with Gasteiger partial charge in [0.25, 0.3) is 0 Å². The van der Waals surface area contributed by atoms with Crippen LogP contribution in [0.4, 0.5) is 5.82 Å². The van der Waals surface area contributed by atoms with Crippen LogP contribution in [-0.2, 0) is 12.8 Å². The predicted octanol–water partition coefficient (Wildman–Crippen LogP) is 3.68. The van der Waals surface area contributed by atoms with Crippen LogP contribution in [0.3, 0.4) is 0 Å². The van der Waals surface area contributed by atoms with Gasteiger partial charge in [-0.3, -0.25) is 0 Å². The minimum Gasteiger partial charge on any atom is -0.383 e. The minimum absolute atomic E-state index is 0.642. The number of hydrogen-bond donors (Lipinski definition) is 1. The molecular weight excluding hydrogens is 274 g/mol. The first-order valence-electron chi connectivity index (χ1n) is 6.50. The van der Waals surface area contributed by atoms with E-state index in [4.69, 9.17) is 5.73 Å². The van der Waals surface area contributed by atoms with Gasteiger partial charge in [-0.2, -0.15) is 0 Å². The molecule has 100 valence electrons. The zero-order valence-electron chi connectivity index (χ0n) is 11.0. The molecule has 0 spiro atoms. The Morgan fingerprint density at radius 3 is 3.16 bits per heavy atom.